The Bertz CT molecular complexity index is 425. The van der Waals surface area contributed by atoms with Gasteiger partial charge in [-0.15, -0.1) is 6.58 Å². The molecular weight excluding hydrogens is 246 g/mol. The van der Waals surface area contributed by atoms with Crippen molar-refractivity contribution in [2.45, 2.75) is 27.2 Å². The predicted octanol–water partition coefficient (Wildman–Crippen LogP) is 4.87. The molecule has 2 heteroatoms. The van der Waals surface area contributed by atoms with Crippen LogP contribution in [-0.2, 0) is 4.74 Å². The lowest BCUT2D eigenvalue weighted by atomic mass is 10.00. The largest absolute Gasteiger partial charge is 0.376 e. The molecule has 0 atom stereocenters. The Morgan fingerprint density at radius 2 is 1.95 bits per heavy atom. The molecule has 0 aliphatic rings. The molecule has 0 unspecified atom stereocenters. The fraction of sp³-hybridized carbons (Fsp3) is 0.389. The second-order valence-corrected chi connectivity index (χ2v) is 5.15. The van der Waals surface area contributed by atoms with Crippen LogP contribution in [0.5, 0.6) is 0 Å². The van der Waals surface area contributed by atoms with Crippen molar-refractivity contribution in [3.8, 4) is 0 Å². The Balaban J connectivity index is 5.20. The highest BCUT2D eigenvalue weighted by Gasteiger charge is 2.04. The molecule has 0 aromatic heterocycles. The van der Waals surface area contributed by atoms with Gasteiger partial charge in [-0.1, -0.05) is 45.2 Å². The Morgan fingerprint density at radius 1 is 1.30 bits per heavy atom. The van der Waals surface area contributed by atoms with Crippen LogP contribution in [0, 0.1) is 11.3 Å². The highest BCUT2D eigenvalue weighted by molar-refractivity contribution is 5.81. The van der Waals surface area contributed by atoms with E-state index in [2.05, 4.69) is 33.6 Å². The molecule has 0 radical (unpaired) electrons. The van der Waals surface area contributed by atoms with E-state index in [1.807, 2.05) is 25.2 Å². The summed E-state index contributed by atoms with van der Waals surface area (Å²) in [5, 5.41) is 7.34. The van der Waals surface area contributed by atoms with Crippen molar-refractivity contribution in [2.75, 3.05) is 13.2 Å². The quantitative estimate of drug-likeness (QED) is 0.344. The zero-order valence-electron chi connectivity index (χ0n) is 13.0. The maximum absolute atomic E-state index is 7.34. The number of ether oxygens (including phenoxy) is 1. The molecular formula is C18H27NO. The van der Waals surface area contributed by atoms with Gasteiger partial charge < -0.3 is 10.1 Å². The minimum atomic E-state index is 0.508. The van der Waals surface area contributed by atoms with Crippen molar-refractivity contribution in [2.24, 2.45) is 5.92 Å². The number of nitrogens with one attached hydrogen (secondary N) is 1. The van der Waals surface area contributed by atoms with E-state index in [1.54, 1.807) is 0 Å². The predicted molar refractivity (Wildman–Crippen MR) is 89.4 cm³/mol. The van der Waals surface area contributed by atoms with Crippen LogP contribution in [-0.4, -0.2) is 19.4 Å². The molecule has 0 aromatic rings. The van der Waals surface area contributed by atoms with Crippen LogP contribution in [0.25, 0.3) is 0 Å². The van der Waals surface area contributed by atoms with Gasteiger partial charge in [-0.3, -0.25) is 0 Å². The number of allylic oxidation sites excluding steroid dienone is 5. The third-order valence-corrected chi connectivity index (χ3v) is 2.82. The van der Waals surface area contributed by atoms with E-state index in [9.17, 15) is 0 Å². The Labute approximate surface area is 123 Å². The molecule has 0 amide bonds. The van der Waals surface area contributed by atoms with Crippen LogP contribution in [0.1, 0.15) is 27.2 Å². The second-order valence-electron chi connectivity index (χ2n) is 5.15. The molecule has 110 valence electrons. The molecule has 0 fully saturated rings. The summed E-state index contributed by atoms with van der Waals surface area (Å²) in [6.07, 6.45) is 7.63. The standard InChI is InChI=1S/C18H27NO/c1-7-9-17(16(6)11-19)10-18(15(5)8-2)13-20-12-14(3)4/h7-8,10-11,14,19H,1-2,6,9,12-13H2,3-5H3/b17-10-,18-15+,19-11?. The van der Waals surface area contributed by atoms with Crippen LogP contribution in [0.4, 0.5) is 0 Å². The van der Waals surface area contributed by atoms with Gasteiger partial charge in [0.05, 0.1) is 6.61 Å². The lowest BCUT2D eigenvalue weighted by Crippen LogP contribution is -2.06. The van der Waals surface area contributed by atoms with Crippen molar-refractivity contribution in [3.63, 3.8) is 0 Å². The minimum absolute atomic E-state index is 0.508. The van der Waals surface area contributed by atoms with Crippen molar-refractivity contribution in [1.82, 2.24) is 0 Å². The van der Waals surface area contributed by atoms with Gasteiger partial charge in [0.1, 0.15) is 0 Å². The smallest absolute Gasteiger partial charge is 0.0719 e. The zero-order chi connectivity index (χ0) is 15.5. The van der Waals surface area contributed by atoms with Gasteiger partial charge in [0, 0.05) is 12.8 Å². The first-order valence-electron chi connectivity index (χ1n) is 6.87. The molecule has 1 N–H and O–H groups in total. The van der Waals surface area contributed by atoms with Crippen LogP contribution >= 0.6 is 0 Å². The number of hydrogen-bond donors (Lipinski definition) is 1. The summed E-state index contributed by atoms with van der Waals surface area (Å²) in [5.74, 6) is 0.508. The van der Waals surface area contributed by atoms with Crippen LogP contribution in [0.3, 0.4) is 0 Å². The van der Waals surface area contributed by atoms with Crippen molar-refractivity contribution in [1.29, 1.82) is 5.41 Å². The van der Waals surface area contributed by atoms with Gasteiger partial charge in [-0.05, 0) is 41.6 Å². The summed E-state index contributed by atoms with van der Waals surface area (Å²) in [7, 11) is 0. The highest BCUT2D eigenvalue weighted by atomic mass is 16.5. The van der Waals surface area contributed by atoms with Crippen LogP contribution in [0.2, 0.25) is 0 Å². The van der Waals surface area contributed by atoms with Crippen molar-refractivity contribution in [3.05, 3.63) is 60.3 Å². The van der Waals surface area contributed by atoms with Crippen molar-refractivity contribution < 1.29 is 4.74 Å². The summed E-state index contributed by atoms with van der Waals surface area (Å²) in [6, 6.07) is 0. The fourth-order valence-electron chi connectivity index (χ4n) is 1.55. The van der Waals surface area contributed by atoms with E-state index < -0.39 is 0 Å². The van der Waals surface area contributed by atoms with E-state index in [1.165, 1.54) is 6.21 Å². The van der Waals surface area contributed by atoms with Gasteiger partial charge in [0.25, 0.3) is 0 Å². The number of hydrogen-bond acceptors (Lipinski definition) is 2. The van der Waals surface area contributed by atoms with Gasteiger partial charge in [-0.25, -0.2) is 0 Å². The Morgan fingerprint density at radius 3 is 2.40 bits per heavy atom. The van der Waals surface area contributed by atoms with Crippen LogP contribution in [0.15, 0.2) is 60.3 Å². The molecule has 0 bridgehead atoms. The molecule has 0 rings (SSSR count). The first-order valence-corrected chi connectivity index (χ1v) is 6.87. The summed E-state index contributed by atoms with van der Waals surface area (Å²) in [4.78, 5) is 0. The second kappa shape index (κ2) is 10.2. The highest BCUT2D eigenvalue weighted by Crippen LogP contribution is 2.17. The Hall–Kier alpha value is -1.67. The minimum Gasteiger partial charge on any atom is -0.376 e. The molecule has 0 aromatic carbocycles. The molecule has 0 aliphatic carbocycles. The third kappa shape index (κ3) is 7.05. The summed E-state index contributed by atoms with van der Waals surface area (Å²) < 4.78 is 5.71. The molecule has 0 saturated heterocycles. The molecule has 0 saturated carbocycles. The monoisotopic (exact) mass is 273 g/mol. The lowest BCUT2D eigenvalue weighted by molar-refractivity contribution is 0.130. The summed E-state index contributed by atoms with van der Waals surface area (Å²) in [6.45, 7) is 19.0. The van der Waals surface area contributed by atoms with Gasteiger partial charge in [0.2, 0.25) is 0 Å². The zero-order valence-corrected chi connectivity index (χ0v) is 13.0. The van der Waals surface area contributed by atoms with E-state index >= 15 is 0 Å². The lowest BCUT2D eigenvalue weighted by Gasteiger charge is -2.12. The van der Waals surface area contributed by atoms with Gasteiger partial charge in [0.15, 0.2) is 0 Å². The SMILES string of the molecule is C=CC/C(=C/C(COCC(C)C)=C(/C)C=C)C(=C)C=N. The third-order valence-electron chi connectivity index (χ3n) is 2.82. The first kappa shape index (κ1) is 18.3. The average molecular weight is 273 g/mol. The fourth-order valence-corrected chi connectivity index (χ4v) is 1.55. The summed E-state index contributed by atoms with van der Waals surface area (Å²) >= 11 is 0. The van der Waals surface area contributed by atoms with Crippen LogP contribution < -0.4 is 0 Å². The topological polar surface area (TPSA) is 33.1 Å². The van der Waals surface area contributed by atoms with E-state index in [4.69, 9.17) is 10.1 Å². The van der Waals surface area contributed by atoms with E-state index in [-0.39, 0.29) is 0 Å². The first-order chi connectivity index (χ1) is 9.46. The van der Waals surface area contributed by atoms with Crippen molar-refractivity contribution >= 4 is 6.21 Å². The van der Waals surface area contributed by atoms with Gasteiger partial charge >= 0.3 is 0 Å². The molecule has 20 heavy (non-hydrogen) atoms. The number of rotatable bonds is 10. The normalized spacial score (nSPS) is 12.9. The Kier molecular flexibility index (Phi) is 9.31. The maximum Gasteiger partial charge on any atom is 0.0719 e. The molecule has 2 nitrogen and oxygen atoms in total. The van der Waals surface area contributed by atoms with E-state index in [0.29, 0.717) is 24.5 Å². The summed E-state index contributed by atoms with van der Waals surface area (Å²) in [5.41, 5.74) is 3.83. The average Bonchev–Trinajstić information content (AvgIpc) is 2.43. The van der Waals surface area contributed by atoms with E-state index in [0.717, 1.165) is 23.3 Å². The molecule has 0 heterocycles. The maximum atomic E-state index is 7.34. The molecule has 0 aliphatic heterocycles. The van der Waals surface area contributed by atoms with Gasteiger partial charge in [-0.2, -0.15) is 0 Å². The molecule has 0 spiro atoms.